The van der Waals surface area contributed by atoms with Crippen molar-refractivity contribution in [1.82, 2.24) is 14.7 Å². The third kappa shape index (κ3) is 3.84. The second-order valence-corrected chi connectivity index (χ2v) is 5.40. The lowest BCUT2D eigenvalue weighted by molar-refractivity contribution is 0.0946. The Morgan fingerprint density at radius 1 is 1.19 bits per heavy atom. The number of amides is 1. The summed E-state index contributed by atoms with van der Waals surface area (Å²) in [6, 6.07) is 5.82. The number of pyridine rings is 1. The molecule has 0 saturated carbocycles. The molecule has 2 aromatic heterocycles. The van der Waals surface area contributed by atoms with E-state index in [1.165, 1.54) is 19.3 Å². The molecule has 4 heteroatoms. The standard InChI is InChI=1S/C17H25N3O/c1-3-5-6-8-12-18-17(21)16-14(10-4-2)19-15-11-7-9-13-20(15)16/h7,9,11,13H,3-6,8,10,12H2,1-2H3,(H,18,21). The largest absolute Gasteiger partial charge is 0.351 e. The Morgan fingerprint density at radius 2 is 2.05 bits per heavy atom. The molecule has 0 aromatic carbocycles. The number of fused-ring (bicyclic) bond motifs is 1. The number of imidazole rings is 1. The molecule has 0 unspecified atom stereocenters. The van der Waals surface area contributed by atoms with Gasteiger partial charge in [-0.1, -0.05) is 45.6 Å². The molecular formula is C17H25N3O. The van der Waals surface area contributed by atoms with Crippen LogP contribution in [0.2, 0.25) is 0 Å². The summed E-state index contributed by atoms with van der Waals surface area (Å²) in [5.41, 5.74) is 2.44. The lowest BCUT2D eigenvalue weighted by Gasteiger charge is -2.06. The zero-order valence-corrected chi connectivity index (χ0v) is 13.1. The van der Waals surface area contributed by atoms with E-state index >= 15 is 0 Å². The Labute approximate surface area is 126 Å². The van der Waals surface area contributed by atoms with Crippen molar-refractivity contribution < 1.29 is 4.79 Å². The molecule has 21 heavy (non-hydrogen) atoms. The van der Waals surface area contributed by atoms with E-state index in [4.69, 9.17) is 0 Å². The van der Waals surface area contributed by atoms with Crippen LogP contribution in [-0.4, -0.2) is 21.8 Å². The second-order valence-electron chi connectivity index (χ2n) is 5.40. The SMILES string of the molecule is CCCCCCNC(=O)c1c(CCC)nc2ccccn12. The van der Waals surface area contributed by atoms with Crippen molar-refractivity contribution in [3.05, 3.63) is 35.8 Å². The van der Waals surface area contributed by atoms with Crippen molar-refractivity contribution in [3.8, 4) is 0 Å². The smallest absolute Gasteiger partial charge is 0.270 e. The fourth-order valence-corrected chi connectivity index (χ4v) is 2.53. The van der Waals surface area contributed by atoms with Gasteiger partial charge in [0, 0.05) is 12.7 Å². The van der Waals surface area contributed by atoms with Gasteiger partial charge in [0.1, 0.15) is 11.3 Å². The van der Waals surface area contributed by atoms with Crippen LogP contribution < -0.4 is 5.32 Å². The highest BCUT2D eigenvalue weighted by atomic mass is 16.1. The van der Waals surface area contributed by atoms with E-state index in [0.717, 1.165) is 37.1 Å². The van der Waals surface area contributed by atoms with Crippen LogP contribution in [0.25, 0.3) is 5.65 Å². The summed E-state index contributed by atoms with van der Waals surface area (Å²) in [4.78, 5) is 17.1. The third-order valence-electron chi connectivity index (χ3n) is 3.62. The van der Waals surface area contributed by atoms with Crippen LogP contribution in [0.15, 0.2) is 24.4 Å². The molecule has 2 heterocycles. The van der Waals surface area contributed by atoms with Gasteiger partial charge < -0.3 is 5.32 Å². The van der Waals surface area contributed by atoms with Crippen LogP contribution in [0, 0.1) is 0 Å². The van der Waals surface area contributed by atoms with Gasteiger partial charge in [-0.15, -0.1) is 0 Å². The van der Waals surface area contributed by atoms with Crippen LogP contribution in [0.3, 0.4) is 0 Å². The predicted octanol–water partition coefficient (Wildman–Crippen LogP) is 3.60. The van der Waals surface area contributed by atoms with Crippen LogP contribution in [0.4, 0.5) is 0 Å². The highest BCUT2D eigenvalue weighted by Crippen LogP contribution is 2.14. The minimum atomic E-state index is -0.00588. The minimum Gasteiger partial charge on any atom is -0.351 e. The normalized spacial score (nSPS) is 11.0. The summed E-state index contributed by atoms with van der Waals surface area (Å²) in [7, 11) is 0. The average molecular weight is 287 g/mol. The van der Waals surface area contributed by atoms with E-state index in [0.29, 0.717) is 5.69 Å². The Hall–Kier alpha value is -1.84. The summed E-state index contributed by atoms with van der Waals surface area (Å²) in [6.45, 7) is 5.04. The lowest BCUT2D eigenvalue weighted by Crippen LogP contribution is -2.26. The van der Waals surface area contributed by atoms with E-state index < -0.39 is 0 Å². The molecule has 2 aromatic rings. The number of aryl methyl sites for hydroxylation is 1. The van der Waals surface area contributed by atoms with Crippen LogP contribution in [-0.2, 0) is 6.42 Å². The van der Waals surface area contributed by atoms with Gasteiger partial charge >= 0.3 is 0 Å². The molecule has 1 N–H and O–H groups in total. The molecule has 0 radical (unpaired) electrons. The van der Waals surface area contributed by atoms with Crippen LogP contribution in [0.5, 0.6) is 0 Å². The van der Waals surface area contributed by atoms with Crippen molar-refractivity contribution in [2.24, 2.45) is 0 Å². The molecule has 0 aliphatic heterocycles. The second kappa shape index (κ2) is 7.81. The number of nitrogens with one attached hydrogen (secondary N) is 1. The Bertz CT molecular complexity index is 589. The summed E-state index contributed by atoms with van der Waals surface area (Å²) in [5, 5.41) is 3.04. The average Bonchev–Trinajstić information content (AvgIpc) is 2.85. The first-order valence-corrected chi connectivity index (χ1v) is 8.02. The fraction of sp³-hybridized carbons (Fsp3) is 0.529. The fourth-order valence-electron chi connectivity index (χ4n) is 2.53. The predicted molar refractivity (Wildman–Crippen MR) is 85.7 cm³/mol. The van der Waals surface area contributed by atoms with Gasteiger partial charge in [0.05, 0.1) is 5.69 Å². The molecule has 0 atom stereocenters. The highest BCUT2D eigenvalue weighted by molar-refractivity contribution is 5.94. The van der Waals surface area contributed by atoms with Crippen molar-refractivity contribution in [2.75, 3.05) is 6.54 Å². The van der Waals surface area contributed by atoms with E-state index in [1.54, 1.807) is 0 Å². The first-order valence-electron chi connectivity index (χ1n) is 8.02. The van der Waals surface area contributed by atoms with Gasteiger partial charge in [-0.05, 0) is 25.0 Å². The maximum Gasteiger partial charge on any atom is 0.270 e. The van der Waals surface area contributed by atoms with E-state index in [9.17, 15) is 4.79 Å². The summed E-state index contributed by atoms with van der Waals surface area (Å²) < 4.78 is 1.90. The van der Waals surface area contributed by atoms with Gasteiger partial charge in [-0.2, -0.15) is 0 Å². The molecule has 0 aliphatic carbocycles. The number of hydrogen-bond acceptors (Lipinski definition) is 2. The molecule has 0 bridgehead atoms. The third-order valence-corrected chi connectivity index (χ3v) is 3.62. The number of unbranched alkanes of at least 4 members (excludes halogenated alkanes) is 3. The lowest BCUT2D eigenvalue weighted by atomic mass is 10.2. The first-order chi connectivity index (χ1) is 10.3. The van der Waals surface area contributed by atoms with E-state index in [1.807, 2.05) is 28.8 Å². The molecule has 0 saturated heterocycles. The summed E-state index contributed by atoms with van der Waals surface area (Å²) in [6.07, 6.45) is 8.38. The number of rotatable bonds is 8. The molecule has 114 valence electrons. The molecule has 2 rings (SSSR count). The van der Waals surface area contributed by atoms with Gasteiger partial charge in [0.2, 0.25) is 0 Å². The Balaban J connectivity index is 2.11. The minimum absolute atomic E-state index is 0.00588. The quantitative estimate of drug-likeness (QED) is 0.754. The van der Waals surface area contributed by atoms with Crippen LogP contribution in [0.1, 0.15) is 62.1 Å². The first kappa shape index (κ1) is 15.5. The number of aromatic nitrogens is 2. The molecule has 4 nitrogen and oxygen atoms in total. The molecular weight excluding hydrogens is 262 g/mol. The molecule has 1 amide bonds. The zero-order valence-electron chi connectivity index (χ0n) is 13.1. The maximum absolute atomic E-state index is 12.5. The summed E-state index contributed by atoms with van der Waals surface area (Å²) >= 11 is 0. The zero-order chi connectivity index (χ0) is 15.1. The van der Waals surface area contributed by atoms with Crippen molar-refractivity contribution in [1.29, 1.82) is 0 Å². The Morgan fingerprint density at radius 3 is 2.81 bits per heavy atom. The van der Waals surface area contributed by atoms with Crippen molar-refractivity contribution >= 4 is 11.6 Å². The molecule has 0 aliphatic rings. The van der Waals surface area contributed by atoms with Gasteiger partial charge in [0.15, 0.2) is 0 Å². The molecule has 0 fully saturated rings. The highest BCUT2D eigenvalue weighted by Gasteiger charge is 2.17. The topological polar surface area (TPSA) is 46.4 Å². The molecule has 0 spiro atoms. The number of carbonyl (C=O) groups is 1. The van der Waals surface area contributed by atoms with E-state index in [2.05, 4.69) is 24.1 Å². The van der Waals surface area contributed by atoms with Crippen molar-refractivity contribution in [3.63, 3.8) is 0 Å². The number of carbonyl (C=O) groups excluding carboxylic acids is 1. The van der Waals surface area contributed by atoms with Crippen LogP contribution >= 0.6 is 0 Å². The number of hydrogen-bond donors (Lipinski definition) is 1. The van der Waals surface area contributed by atoms with Crippen molar-refractivity contribution in [2.45, 2.75) is 52.4 Å². The van der Waals surface area contributed by atoms with Gasteiger partial charge in [-0.3, -0.25) is 9.20 Å². The maximum atomic E-state index is 12.5. The monoisotopic (exact) mass is 287 g/mol. The number of nitrogens with zero attached hydrogens (tertiary/aromatic N) is 2. The Kier molecular flexibility index (Phi) is 5.78. The van der Waals surface area contributed by atoms with Gasteiger partial charge in [0.25, 0.3) is 5.91 Å². The summed E-state index contributed by atoms with van der Waals surface area (Å²) in [5.74, 6) is -0.00588. The van der Waals surface area contributed by atoms with E-state index in [-0.39, 0.29) is 5.91 Å². The van der Waals surface area contributed by atoms with Gasteiger partial charge in [-0.25, -0.2) is 4.98 Å².